The predicted octanol–water partition coefficient (Wildman–Crippen LogP) is 3.78. The maximum atomic E-state index is 13.0. The summed E-state index contributed by atoms with van der Waals surface area (Å²) >= 11 is 0. The molecule has 10 radical (unpaired) electrons. The van der Waals surface area contributed by atoms with Crippen LogP contribution in [0.25, 0.3) is 0 Å². The van der Waals surface area contributed by atoms with E-state index in [4.69, 9.17) is 4.74 Å². The van der Waals surface area contributed by atoms with Gasteiger partial charge in [-0.25, -0.2) is 4.79 Å². The summed E-state index contributed by atoms with van der Waals surface area (Å²) in [4.78, 5) is 27.1. The molecule has 2 saturated carbocycles. The first kappa shape index (κ1) is 24.9. The summed E-state index contributed by atoms with van der Waals surface area (Å²) in [5.41, 5.74) is 0.419. The van der Waals surface area contributed by atoms with Gasteiger partial charge in [-0.15, -0.1) is 0 Å². The minimum Gasteiger partial charge on any atom is -0.439 e. The zero-order chi connectivity index (χ0) is 20.9. The van der Waals surface area contributed by atoms with Gasteiger partial charge < -0.3 is 4.74 Å². The molecule has 1 amide bonds. The van der Waals surface area contributed by atoms with Crippen LogP contribution in [0.3, 0.4) is 0 Å². The zero-order valence-electron chi connectivity index (χ0n) is 17.5. The van der Waals surface area contributed by atoms with Gasteiger partial charge in [0.25, 0.3) is 0 Å². The number of cyclic esters (lactones) is 1. The third-order valence-electron chi connectivity index (χ3n) is 4.77. The molecule has 0 N–H and O–H groups in total. The number of nitrogens with zero attached hydrogens (tertiary/aromatic N) is 1. The quantitative estimate of drug-likeness (QED) is 0.526. The molecule has 156 valence electrons. The van der Waals surface area contributed by atoms with Crippen molar-refractivity contribution in [2.75, 3.05) is 0 Å². The molecule has 4 rings (SSSR count). The van der Waals surface area contributed by atoms with Crippen molar-refractivity contribution in [3.05, 3.63) is 99.6 Å². The number of rotatable bonds is 3. The molecule has 1 aromatic carbocycles. The van der Waals surface area contributed by atoms with Crippen LogP contribution in [-0.2, 0) is 37.8 Å². The van der Waals surface area contributed by atoms with Crippen molar-refractivity contribution < 1.29 is 31.4 Å². The van der Waals surface area contributed by atoms with E-state index in [-0.39, 0.29) is 28.9 Å². The second kappa shape index (κ2) is 11.3. The standard InChI is InChI=1S/C20H22NO3.C5H5.Fe/c1-20(2,3)19(23)21-16(13-14-9-5-4-6-10-14)18(22)24-17(21)15-11-7-8-12-15;1-2-4-5-3-1;/h4-12,16-17H,13H2,1-3H3;1-5H;/q;;+2/t16-,17+;;/m0../s1. The van der Waals surface area contributed by atoms with Gasteiger partial charge in [-0.05, 0) is 63.4 Å². The molecule has 2 atom stereocenters. The Labute approximate surface area is 192 Å². The van der Waals surface area contributed by atoms with E-state index in [0.717, 1.165) is 11.5 Å². The molecule has 30 heavy (non-hydrogen) atoms. The Morgan fingerprint density at radius 2 is 1.47 bits per heavy atom. The Hall–Kier alpha value is -1.32. The maximum Gasteiger partial charge on any atom is 2.00 e. The van der Waals surface area contributed by atoms with Crippen LogP contribution in [-0.4, -0.2) is 29.0 Å². The SMILES string of the molecule is CC(C)(C)C(=O)N1[C@@H]([C]2[CH][CH][CH][CH]2)OC(=O)[C@@H]1Cc1ccccc1.[CH]1[CH][CH][CH][CH]1.[Fe+2]. The van der Waals surface area contributed by atoms with Gasteiger partial charge in [0.15, 0.2) is 6.23 Å². The van der Waals surface area contributed by atoms with Crippen molar-refractivity contribution in [3.8, 4) is 0 Å². The number of ether oxygens (including phenoxy) is 1. The van der Waals surface area contributed by atoms with Crippen molar-refractivity contribution >= 4 is 11.9 Å². The molecular formula is C25H27FeNO3+2. The molecule has 0 bridgehead atoms. The van der Waals surface area contributed by atoms with Crippen molar-refractivity contribution in [2.45, 2.75) is 39.5 Å². The number of benzene rings is 1. The summed E-state index contributed by atoms with van der Waals surface area (Å²) in [7, 11) is 0. The Kier molecular flexibility index (Phi) is 9.43. The Morgan fingerprint density at radius 1 is 0.933 bits per heavy atom. The van der Waals surface area contributed by atoms with E-state index >= 15 is 0 Å². The molecule has 5 heteroatoms. The van der Waals surface area contributed by atoms with Crippen LogP contribution < -0.4 is 0 Å². The van der Waals surface area contributed by atoms with Crippen LogP contribution in [0, 0.1) is 69.1 Å². The van der Waals surface area contributed by atoms with Crippen LogP contribution in [0.5, 0.6) is 0 Å². The van der Waals surface area contributed by atoms with Gasteiger partial charge in [0.05, 0.1) is 0 Å². The number of carbonyl (C=O) groups excluding carboxylic acids is 2. The van der Waals surface area contributed by atoms with Gasteiger partial charge >= 0.3 is 23.0 Å². The fourth-order valence-corrected chi connectivity index (χ4v) is 3.28. The zero-order valence-corrected chi connectivity index (χ0v) is 18.6. The molecule has 1 heterocycles. The Morgan fingerprint density at radius 3 is 1.97 bits per heavy atom. The van der Waals surface area contributed by atoms with E-state index in [2.05, 4.69) is 0 Å². The summed E-state index contributed by atoms with van der Waals surface area (Å²) in [6.07, 6.45) is 17.3. The van der Waals surface area contributed by atoms with E-state index < -0.39 is 17.7 Å². The van der Waals surface area contributed by atoms with Gasteiger partial charge in [0.2, 0.25) is 5.91 Å². The van der Waals surface area contributed by atoms with Gasteiger partial charge in [0.1, 0.15) is 6.04 Å². The van der Waals surface area contributed by atoms with Crippen LogP contribution in [0.1, 0.15) is 26.3 Å². The largest absolute Gasteiger partial charge is 2.00 e. The second-order valence-electron chi connectivity index (χ2n) is 8.14. The number of hydrogen-bond donors (Lipinski definition) is 0. The molecular weight excluding hydrogens is 418 g/mol. The molecule has 4 nitrogen and oxygen atoms in total. The first-order chi connectivity index (χ1) is 13.9. The third kappa shape index (κ3) is 6.34. The number of hydrogen-bond acceptors (Lipinski definition) is 3. The molecule has 3 fully saturated rings. The van der Waals surface area contributed by atoms with E-state index in [1.165, 1.54) is 0 Å². The molecule has 0 unspecified atom stereocenters. The molecule has 3 aliphatic rings. The van der Waals surface area contributed by atoms with Crippen LogP contribution in [0.15, 0.2) is 30.3 Å². The number of carbonyl (C=O) groups is 2. The van der Waals surface area contributed by atoms with E-state index in [9.17, 15) is 9.59 Å². The van der Waals surface area contributed by atoms with Crippen LogP contribution in [0.2, 0.25) is 0 Å². The molecule has 1 aromatic rings. The van der Waals surface area contributed by atoms with Crippen molar-refractivity contribution in [2.24, 2.45) is 5.41 Å². The number of amides is 1. The summed E-state index contributed by atoms with van der Waals surface area (Å²) in [6, 6.07) is 9.12. The van der Waals surface area contributed by atoms with Crippen molar-refractivity contribution in [1.29, 1.82) is 0 Å². The molecule has 2 aliphatic carbocycles. The van der Waals surface area contributed by atoms with Gasteiger partial charge in [-0.3, -0.25) is 9.69 Å². The molecule has 1 aliphatic heterocycles. The average Bonchev–Trinajstić information content (AvgIpc) is 3.46. The van der Waals surface area contributed by atoms with Crippen molar-refractivity contribution in [1.82, 2.24) is 4.90 Å². The predicted molar refractivity (Wildman–Crippen MR) is 112 cm³/mol. The average molecular weight is 445 g/mol. The van der Waals surface area contributed by atoms with E-state index in [1.807, 2.05) is 109 Å². The minimum absolute atomic E-state index is 0. The molecule has 1 saturated heterocycles. The first-order valence-electron chi connectivity index (χ1n) is 9.83. The van der Waals surface area contributed by atoms with Crippen LogP contribution >= 0.6 is 0 Å². The molecule has 0 aromatic heterocycles. The smallest absolute Gasteiger partial charge is 0.439 e. The molecule has 0 spiro atoms. The topological polar surface area (TPSA) is 46.6 Å². The summed E-state index contributed by atoms with van der Waals surface area (Å²) in [5.74, 6) is 0.402. The van der Waals surface area contributed by atoms with E-state index in [0.29, 0.717) is 6.42 Å². The normalized spacial score (nSPS) is 24.1. The van der Waals surface area contributed by atoms with Gasteiger partial charge in [0, 0.05) is 17.8 Å². The fourth-order valence-electron chi connectivity index (χ4n) is 3.28. The summed E-state index contributed by atoms with van der Waals surface area (Å²) in [5, 5.41) is 0. The van der Waals surface area contributed by atoms with Gasteiger partial charge in [-0.1, -0.05) is 51.1 Å². The third-order valence-corrected chi connectivity index (χ3v) is 4.77. The van der Waals surface area contributed by atoms with Gasteiger partial charge in [-0.2, -0.15) is 0 Å². The van der Waals surface area contributed by atoms with Crippen LogP contribution in [0.4, 0.5) is 0 Å². The van der Waals surface area contributed by atoms with Crippen molar-refractivity contribution in [3.63, 3.8) is 0 Å². The Bertz CT molecular complexity index is 668. The van der Waals surface area contributed by atoms with E-state index in [1.54, 1.807) is 4.90 Å². The minimum atomic E-state index is -0.645. The fraction of sp³-hybridized carbons (Fsp3) is 0.280. The maximum absolute atomic E-state index is 13.0. The second-order valence-corrected chi connectivity index (χ2v) is 8.14. The summed E-state index contributed by atoms with van der Waals surface area (Å²) < 4.78 is 5.59. The monoisotopic (exact) mass is 445 g/mol. The number of esters is 1. The first-order valence-corrected chi connectivity index (χ1v) is 9.83. The summed E-state index contributed by atoms with van der Waals surface area (Å²) in [6.45, 7) is 5.58. The Balaban J connectivity index is 0.000000468.